The third-order valence-electron chi connectivity index (χ3n) is 1.87. The van der Waals surface area contributed by atoms with Crippen molar-refractivity contribution in [3.05, 3.63) is 45.4 Å². The molecule has 1 aromatic rings. The van der Waals surface area contributed by atoms with Crippen molar-refractivity contribution in [3.63, 3.8) is 0 Å². The van der Waals surface area contributed by atoms with E-state index in [0.29, 0.717) is 11.4 Å². The van der Waals surface area contributed by atoms with Gasteiger partial charge in [0.05, 0.1) is 11.1 Å². The summed E-state index contributed by atoms with van der Waals surface area (Å²) in [7, 11) is 0. The first kappa shape index (κ1) is 11.8. The van der Waals surface area contributed by atoms with E-state index in [2.05, 4.69) is 22.5 Å². The Kier molecular flexibility index (Phi) is 4.17. The van der Waals surface area contributed by atoms with E-state index in [-0.39, 0.29) is 0 Å². The normalized spacial score (nSPS) is 12.6. The second-order valence-electron chi connectivity index (χ2n) is 3.35. The van der Waals surface area contributed by atoms with Crippen LogP contribution in [0, 0.1) is 0 Å². The average molecular weight is 276 g/mol. The van der Waals surface area contributed by atoms with E-state index in [1.54, 1.807) is 6.07 Å². The Labute approximate surface area is 97.5 Å². The van der Waals surface area contributed by atoms with Crippen LogP contribution < -0.4 is 0 Å². The number of rotatable bonds is 3. The van der Waals surface area contributed by atoms with Gasteiger partial charge in [-0.1, -0.05) is 23.2 Å². The molecule has 0 spiro atoms. The standard InChI is InChI=1S/C11H12BrClO/c1-7(2)5-11(14)8-3-4-9(12)10(13)6-8/h3-4,6,11,14H,1,5H2,2H3. The van der Waals surface area contributed by atoms with Gasteiger partial charge in [0.1, 0.15) is 0 Å². The molecule has 1 atom stereocenters. The van der Waals surface area contributed by atoms with Gasteiger partial charge in [-0.3, -0.25) is 0 Å². The SMILES string of the molecule is C=C(C)CC(O)c1ccc(Br)c(Cl)c1. The predicted molar refractivity (Wildman–Crippen MR) is 63.5 cm³/mol. The molecule has 0 saturated carbocycles. The zero-order valence-corrected chi connectivity index (χ0v) is 10.3. The van der Waals surface area contributed by atoms with E-state index in [9.17, 15) is 5.11 Å². The highest BCUT2D eigenvalue weighted by Crippen LogP contribution is 2.28. The smallest absolute Gasteiger partial charge is 0.0827 e. The van der Waals surface area contributed by atoms with Gasteiger partial charge in [-0.15, -0.1) is 6.58 Å². The number of halogens is 2. The highest BCUT2D eigenvalue weighted by molar-refractivity contribution is 9.10. The van der Waals surface area contributed by atoms with Gasteiger partial charge < -0.3 is 5.11 Å². The molecule has 1 rings (SSSR count). The fourth-order valence-corrected chi connectivity index (χ4v) is 1.60. The van der Waals surface area contributed by atoms with E-state index in [4.69, 9.17) is 11.6 Å². The molecule has 0 aliphatic carbocycles. The summed E-state index contributed by atoms with van der Waals surface area (Å²) in [6.45, 7) is 5.65. The first-order chi connectivity index (χ1) is 6.50. The van der Waals surface area contributed by atoms with Crippen molar-refractivity contribution in [2.24, 2.45) is 0 Å². The molecule has 0 fully saturated rings. The Hall–Kier alpha value is -0.310. The Bertz CT molecular complexity index is 349. The molecule has 1 N–H and O–H groups in total. The summed E-state index contributed by atoms with van der Waals surface area (Å²) in [6, 6.07) is 5.45. The van der Waals surface area contributed by atoms with Crippen molar-refractivity contribution in [1.82, 2.24) is 0 Å². The largest absolute Gasteiger partial charge is 0.388 e. The number of benzene rings is 1. The molecule has 1 aromatic carbocycles. The average Bonchev–Trinajstić information content (AvgIpc) is 2.08. The number of aliphatic hydroxyl groups excluding tert-OH is 1. The van der Waals surface area contributed by atoms with Crippen LogP contribution in [0.3, 0.4) is 0 Å². The molecule has 0 aliphatic heterocycles. The van der Waals surface area contributed by atoms with Gasteiger partial charge in [0.15, 0.2) is 0 Å². The van der Waals surface area contributed by atoms with Crippen molar-refractivity contribution < 1.29 is 5.11 Å². The minimum absolute atomic E-state index is 0.516. The van der Waals surface area contributed by atoms with Gasteiger partial charge in [0.2, 0.25) is 0 Å². The van der Waals surface area contributed by atoms with Crippen molar-refractivity contribution in [1.29, 1.82) is 0 Å². The van der Waals surface area contributed by atoms with Gasteiger partial charge in [-0.2, -0.15) is 0 Å². The van der Waals surface area contributed by atoms with Crippen LogP contribution >= 0.6 is 27.5 Å². The summed E-state index contributed by atoms with van der Waals surface area (Å²) in [5, 5.41) is 10.4. The highest BCUT2D eigenvalue weighted by Gasteiger charge is 2.08. The molecule has 0 radical (unpaired) electrons. The van der Waals surface area contributed by atoms with Gasteiger partial charge in [0.25, 0.3) is 0 Å². The van der Waals surface area contributed by atoms with Crippen LogP contribution in [-0.2, 0) is 0 Å². The molecule has 1 unspecified atom stereocenters. The molecule has 0 heterocycles. The maximum atomic E-state index is 9.77. The maximum Gasteiger partial charge on any atom is 0.0827 e. The summed E-state index contributed by atoms with van der Waals surface area (Å²) in [6.07, 6.45) is 0.0518. The molecule has 76 valence electrons. The van der Waals surface area contributed by atoms with Gasteiger partial charge in [-0.25, -0.2) is 0 Å². The maximum absolute atomic E-state index is 9.77. The lowest BCUT2D eigenvalue weighted by Crippen LogP contribution is -1.97. The van der Waals surface area contributed by atoms with Crippen molar-refractivity contribution in [2.45, 2.75) is 19.4 Å². The minimum Gasteiger partial charge on any atom is -0.388 e. The van der Waals surface area contributed by atoms with Crippen LogP contribution in [0.4, 0.5) is 0 Å². The Morgan fingerprint density at radius 2 is 2.29 bits per heavy atom. The van der Waals surface area contributed by atoms with Crippen LogP contribution in [-0.4, -0.2) is 5.11 Å². The minimum atomic E-state index is -0.516. The Morgan fingerprint density at radius 3 is 2.79 bits per heavy atom. The molecule has 0 amide bonds. The number of aliphatic hydroxyl groups is 1. The number of hydrogen-bond donors (Lipinski definition) is 1. The summed E-state index contributed by atoms with van der Waals surface area (Å²) in [5.41, 5.74) is 1.78. The molecule has 0 bridgehead atoms. The fourth-order valence-electron chi connectivity index (χ4n) is 1.17. The van der Waals surface area contributed by atoms with E-state index in [0.717, 1.165) is 15.6 Å². The Balaban J connectivity index is 2.85. The van der Waals surface area contributed by atoms with Gasteiger partial charge in [0, 0.05) is 4.47 Å². The molecule has 0 saturated heterocycles. The van der Waals surface area contributed by atoms with Crippen LogP contribution in [0.15, 0.2) is 34.8 Å². The quantitative estimate of drug-likeness (QED) is 0.823. The van der Waals surface area contributed by atoms with Gasteiger partial charge in [-0.05, 0) is 47.0 Å². The van der Waals surface area contributed by atoms with Gasteiger partial charge >= 0.3 is 0 Å². The second-order valence-corrected chi connectivity index (χ2v) is 4.61. The number of hydrogen-bond acceptors (Lipinski definition) is 1. The lowest BCUT2D eigenvalue weighted by Gasteiger charge is -2.11. The first-order valence-corrected chi connectivity index (χ1v) is 5.45. The molecule has 3 heteroatoms. The molecule has 0 aliphatic rings. The first-order valence-electron chi connectivity index (χ1n) is 4.28. The third kappa shape index (κ3) is 3.12. The van der Waals surface area contributed by atoms with E-state index in [1.165, 1.54) is 0 Å². The lowest BCUT2D eigenvalue weighted by molar-refractivity contribution is 0.178. The molecule has 0 aromatic heterocycles. The predicted octanol–water partition coefficient (Wildman–Crippen LogP) is 4.10. The van der Waals surface area contributed by atoms with Crippen molar-refractivity contribution >= 4 is 27.5 Å². The monoisotopic (exact) mass is 274 g/mol. The fraction of sp³-hybridized carbons (Fsp3) is 0.273. The molecular formula is C11H12BrClO. The summed E-state index contributed by atoms with van der Waals surface area (Å²) < 4.78 is 0.838. The van der Waals surface area contributed by atoms with E-state index < -0.39 is 6.10 Å². The third-order valence-corrected chi connectivity index (χ3v) is 3.10. The van der Waals surface area contributed by atoms with Crippen molar-refractivity contribution in [2.75, 3.05) is 0 Å². The zero-order chi connectivity index (χ0) is 10.7. The topological polar surface area (TPSA) is 20.2 Å². The second kappa shape index (κ2) is 4.96. The Morgan fingerprint density at radius 1 is 1.64 bits per heavy atom. The van der Waals surface area contributed by atoms with E-state index >= 15 is 0 Å². The molecule has 14 heavy (non-hydrogen) atoms. The van der Waals surface area contributed by atoms with E-state index in [1.807, 2.05) is 19.1 Å². The van der Waals surface area contributed by atoms with Crippen LogP contribution in [0.25, 0.3) is 0 Å². The summed E-state index contributed by atoms with van der Waals surface area (Å²) in [4.78, 5) is 0. The zero-order valence-electron chi connectivity index (χ0n) is 7.93. The molecular weight excluding hydrogens is 263 g/mol. The summed E-state index contributed by atoms with van der Waals surface area (Å²) in [5.74, 6) is 0. The summed E-state index contributed by atoms with van der Waals surface area (Å²) >= 11 is 9.21. The lowest BCUT2D eigenvalue weighted by atomic mass is 10.0. The van der Waals surface area contributed by atoms with Crippen LogP contribution in [0.5, 0.6) is 0 Å². The van der Waals surface area contributed by atoms with Crippen LogP contribution in [0.1, 0.15) is 25.0 Å². The highest BCUT2D eigenvalue weighted by atomic mass is 79.9. The van der Waals surface area contributed by atoms with Crippen molar-refractivity contribution in [3.8, 4) is 0 Å². The molecule has 1 nitrogen and oxygen atoms in total. The van der Waals surface area contributed by atoms with Crippen LogP contribution in [0.2, 0.25) is 5.02 Å².